The predicted molar refractivity (Wildman–Crippen MR) is 103 cm³/mol. The van der Waals surface area contributed by atoms with Crippen molar-refractivity contribution >= 4 is 0 Å². The molecule has 1 heterocycles. The van der Waals surface area contributed by atoms with E-state index in [1.165, 1.54) is 70.6 Å². The average molecular weight is 364 g/mol. The predicted octanol–water partition coefficient (Wildman–Crippen LogP) is 5.75. The van der Waals surface area contributed by atoms with E-state index < -0.39 is 11.9 Å². The number of hydrogen-bond acceptors (Lipinski definition) is 2. The highest BCUT2D eigenvalue weighted by atomic mass is 19.1. The third-order valence-electron chi connectivity index (χ3n) is 8.82. The molecule has 1 N–H and O–H groups in total. The summed E-state index contributed by atoms with van der Waals surface area (Å²) in [5.74, 6) is 3.28. The molecule has 0 aromatic rings. The van der Waals surface area contributed by atoms with Gasteiger partial charge in [0.2, 0.25) is 0 Å². The molecule has 1 aliphatic heterocycles. The number of hydrogen-bond donors (Lipinski definition) is 1. The molecule has 5 aliphatic carbocycles. The first-order valence-electron chi connectivity index (χ1n) is 11.8. The normalized spacial score (nSPS) is 52.3. The van der Waals surface area contributed by atoms with Crippen molar-refractivity contribution in [2.45, 2.75) is 114 Å². The Kier molecular flexibility index (Phi) is 4.84. The molecule has 0 amide bonds. The fourth-order valence-electron chi connectivity index (χ4n) is 7.61. The minimum absolute atomic E-state index is 0.0329. The molecule has 3 heteroatoms. The summed E-state index contributed by atoms with van der Waals surface area (Å²) < 4.78 is 22.5. The first-order valence-corrected chi connectivity index (χ1v) is 11.8. The van der Waals surface area contributed by atoms with Crippen molar-refractivity contribution in [3.05, 3.63) is 0 Å². The molecule has 2 atom stereocenters. The fourth-order valence-corrected chi connectivity index (χ4v) is 7.61. The molecule has 0 radical (unpaired) electrons. The van der Waals surface area contributed by atoms with Crippen LogP contribution in [0.2, 0.25) is 0 Å². The molecule has 26 heavy (non-hydrogen) atoms. The van der Waals surface area contributed by atoms with Crippen molar-refractivity contribution in [1.82, 2.24) is 5.32 Å². The summed E-state index contributed by atoms with van der Waals surface area (Å²) >= 11 is 0. The average Bonchev–Trinajstić information content (AvgIpc) is 3.02. The summed E-state index contributed by atoms with van der Waals surface area (Å²) in [6, 6.07) is 0. The highest BCUT2D eigenvalue weighted by Crippen LogP contribution is 2.62. The lowest BCUT2D eigenvalue weighted by Gasteiger charge is -2.59. The van der Waals surface area contributed by atoms with Gasteiger partial charge in [0.15, 0.2) is 5.72 Å². The zero-order valence-electron chi connectivity index (χ0n) is 16.5. The summed E-state index contributed by atoms with van der Waals surface area (Å²) in [6.07, 6.45) is 17.5. The van der Waals surface area contributed by atoms with Gasteiger partial charge in [-0.1, -0.05) is 44.9 Å². The van der Waals surface area contributed by atoms with E-state index >= 15 is 4.39 Å². The second-order valence-corrected chi connectivity index (χ2v) is 10.4. The molecule has 0 aromatic carbocycles. The number of nitrogens with one attached hydrogen (secondary N) is 1. The van der Waals surface area contributed by atoms with Gasteiger partial charge in [0.25, 0.3) is 0 Å². The zero-order chi connectivity index (χ0) is 17.6. The van der Waals surface area contributed by atoms with Gasteiger partial charge >= 0.3 is 0 Å². The first-order chi connectivity index (χ1) is 12.7. The van der Waals surface area contributed by atoms with Gasteiger partial charge in [-0.2, -0.15) is 0 Å². The van der Waals surface area contributed by atoms with E-state index in [1.807, 2.05) is 0 Å². The first kappa shape index (κ1) is 17.9. The maximum atomic E-state index is 15.5. The standard InChI is InChI=1S/C23H38FNO/c24-21-9-7-5-3-1-2-4-6-8-10-23(21)25-16-22(26-23)19-12-17-11-18(14-19)15-20(22)13-17/h17-21,25H,1-16H2/t17?,18?,19?,20?,21-,22?,23+/m0/s1. The summed E-state index contributed by atoms with van der Waals surface area (Å²) in [4.78, 5) is 0. The molecule has 2 spiro atoms. The van der Waals surface area contributed by atoms with Gasteiger partial charge in [-0.25, -0.2) is 4.39 Å². The molecule has 6 rings (SSSR count). The van der Waals surface area contributed by atoms with Crippen molar-refractivity contribution in [3.8, 4) is 0 Å². The molecule has 1 saturated heterocycles. The van der Waals surface area contributed by atoms with Crippen LogP contribution in [0.25, 0.3) is 0 Å². The van der Waals surface area contributed by atoms with E-state index in [0.717, 1.165) is 37.6 Å². The third-order valence-corrected chi connectivity index (χ3v) is 8.82. The lowest BCUT2D eigenvalue weighted by molar-refractivity contribution is -0.234. The molecule has 6 fully saturated rings. The van der Waals surface area contributed by atoms with Crippen molar-refractivity contribution in [1.29, 1.82) is 0 Å². The molecule has 6 aliphatic rings. The number of alkyl halides is 1. The molecule has 5 saturated carbocycles. The van der Waals surface area contributed by atoms with Crippen molar-refractivity contribution in [2.24, 2.45) is 23.7 Å². The van der Waals surface area contributed by atoms with Crippen molar-refractivity contribution < 1.29 is 9.13 Å². The fraction of sp³-hybridized carbons (Fsp3) is 1.00. The maximum absolute atomic E-state index is 15.5. The van der Waals surface area contributed by atoms with Gasteiger partial charge in [-0.3, -0.25) is 5.32 Å². The molecule has 2 nitrogen and oxygen atoms in total. The largest absolute Gasteiger partial charge is 0.349 e. The van der Waals surface area contributed by atoms with Crippen LogP contribution in [0.1, 0.15) is 96.3 Å². The van der Waals surface area contributed by atoms with Crippen molar-refractivity contribution in [3.63, 3.8) is 0 Å². The Morgan fingerprint density at radius 1 is 0.731 bits per heavy atom. The van der Waals surface area contributed by atoms with E-state index in [4.69, 9.17) is 4.74 Å². The van der Waals surface area contributed by atoms with Crippen LogP contribution in [0.4, 0.5) is 4.39 Å². The Morgan fingerprint density at radius 3 is 1.96 bits per heavy atom. The lowest BCUT2D eigenvalue weighted by Crippen LogP contribution is -2.60. The van der Waals surface area contributed by atoms with E-state index in [9.17, 15) is 0 Å². The Morgan fingerprint density at radius 2 is 1.31 bits per heavy atom. The number of rotatable bonds is 0. The van der Waals surface area contributed by atoms with Gasteiger partial charge in [0.1, 0.15) is 6.17 Å². The smallest absolute Gasteiger partial charge is 0.151 e. The van der Waals surface area contributed by atoms with Gasteiger partial charge < -0.3 is 4.74 Å². The minimum Gasteiger partial charge on any atom is -0.349 e. The minimum atomic E-state index is -0.835. The molecular weight excluding hydrogens is 325 g/mol. The molecular formula is C23H38FNO. The summed E-state index contributed by atoms with van der Waals surface area (Å²) in [5.41, 5.74) is -0.705. The highest BCUT2D eigenvalue weighted by Gasteiger charge is 2.64. The zero-order valence-corrected chi connectivity index (χ0v) is 16.5. The number of halogens is 1. The van der Waals surface area contributed by atoms with Crippen LogP contribution in [0.3, 0.4) is 0 Å². The monoisotopic (exact) mass is 363 g/mol. The van der Waals surface area contributed by atoms with Crippen LogP contribution in [0.15, 0.2) is 0 Å². The van der Waals surface area contributed by atoms with Gasteiger partial charge in [0, 0.05) is 6.54 Å². The van der Waals surface area contributed by atoms with Crippen LogP contribution in [-0.4, -0.2) is 24.0 Å². The quantitative estimate of drug-likeness (QED) is 0.591. The van der Waals surface area contributed by atoms with Crippen LogP contribution < -0.4 is 5.32 Å². The van der Waals surface area contributed by atoms with E-state index in [0.29, 0.717) is 18.3 Å². The van der Waals surface area contributed by atoms with Crippen LogP contribution in [0.5, 0.6) is 0 Å². The summed E-state index contributed by atoms with van der Waals surface area (Å²) in [7, 11) is 0. The second-order valence-electron chi connectivity index (χ2n) is 10.4. The van der Waals surface area contributed by atoms with E-state index in [-0.39, 0.29) is 5.60 Å². The molecule has 148 valence electrons. The van der Waals surface area contributed by atoms with Crippen LogP contribution >= 0.6 is 0 Å². The van der Waals surface area contributed by atoms with E-state index in [2.05, 4.69) is 5.32 Å². The molecule has 0 aromatic heterocycles. The van der Waals surface area contributed by atoms with Crippen LogP contribution in [0, 0.1) is 23.7 Å². The molecule has 4 bridgehead atoms. The van der Waals surface area contributed by atoms with Gasteiger partial charge in [0.05, 0.1) is 5.60 Å². The highest BCUT2D eigenvalue weighted by molar-refractivity contribution is 5.14. The second kappa shape index (κ2) is 7.03. The summed E-state index contributed by atoms with van der Waals surface area (Å²) in [6.45, 7) is 0.919. The Balaban J connectivity index is 1.35. The molecule has 0 unspecified atom stereocenters. The van der Waals surface area contributed by atoms with Gasteiger partial charge in [-0.15, -0.1) is 0 Å². The Bertz CT molecular complexity index is 480. The summed E-state index contributed by atoms with van der Waals surface area (Å²) in [5, 5.41) is 3.70. The SMILES string of the molecule is F[C@H]1CCCCCCCCCC[C@]12NCC1(O2)C2CC3CC(C2)CC1C3. The van der Waals surface area contributed by atoms with E-state index in [1.54, 1.807) is 0 Å². The van der Waals surface area contributed by atoms with Crippen molar-refractivity contribution in [2.75, 3.05) is 6.54 Å². The Hall–Kier alpha value is -0.150. The lowest BCUT2D eigenvalue weighted by atomic mass is 9.50. The third kappa shape index (κ3) is 2.96. The topological polar surface area (TPSA) is 21.3 Å². The van der Waals surface area contributed by atoms with Crippen LogP contribution in [-0.2, 0) is 4.74 Å². The van der Waals surface area contributed by atoms with Gasteiger partial charge in [-0.05, 0) is 75.0 Å². The number of ether oxygens (including phenoxy) is 1. The Labute approximate surface area is 159 Å². The maximum Gasteiger partial charge on any atom is 0.151 e.